The number of hydrogen-bond acceptors (Lipinski definition) is 3. The van der Waals surface area contributed by atoms with Gasteiger partial charge in [0.15, 0.2) is 5.11 Å². The van der Waals surface area contributed by atoms with Gasteiger partial charge in [-0.25, -0.2) is 0 Å². The molecule has 1 saturated heterocycles. The Hall–Kier alpha value is -1.40. The van der Waals surface area contributed by atoms with Crippen LogP contribution in [-0.4, -0.2) is 31.7 Å². The molecule has 0 bridgehead atoms. The van der Waals surface area contributed by atoms with Crippen molar-refractivity contribution in [3.63, 3.8) is 0 Å². The minimum atomic E-state index is -0.0656. The quantitative estimate of drug-likeness (QED) is 0.670. The van der Waals surface area contributed by atoms with E-state index in [9.17, 15) is 4.79 Å². The van der Waals surface area contributed by atoms with E-state index in [2.05, 4.69) is 10.4 Å². The summed E-state index contributed by atoms with van der Waals surface area (Å²) >= 11 is 11.4. The molecule has 1 aliphatic carbocycles. The summed E-state index contributed by atoms with van der Waals surface area (Å²) in [5.74, 6) is -0.0656. The Morgan fingerprint density at radius 2 is 2.14 bits per heavy atom. The Labute approximate surface area is 133 Å². The van der Waals surface area contributed by atoms with Crippen molar-refractivity contribution in [3.05, 3.63) is 22.6 Å². The summed E-state index contributed by atoms with van der Waals surface area (Å²) in [7, 11) is 1.79. The minimum absolute atomic E-state index is 0.0656. The molecular formula is C14H17ClN4OS. The molecule has 1 amide bonds. The van der Waals surface area contributed by atoms with Gasteiger partial charge in [-0.2, -0.15) is 5.10 Å². The Morgan fingerprint density at radius 3 is 2.76 bits per heavy atom. The predicted molar refractivity (Wildman–Crippen MR) is 85.6 cm³/mol. The van der Waals surface area contributed by atoms with Gasteiger partial charge in [0, 0.05) is 13.1 Å². The molecule has 5 nitrogen and oxygen atoms in total. The monoisotopic (exact) mass is 324 g/mol. The van der Waals surface area contributed by atoms with E-state index in [4.69, 9.17) is 23.8 Å². The predicted octanol–water partition coefficient (Wildman–Crippen LogP) is 2.46. The molecule has 1 aromatic heterocycles. The summed E-state index contributed by atoms with van der Waals surface area (Å²) in [6.45, 7) is 0. The third-order valence-electron chi connectivity index (χ3n) is 4.07. The molecule has 3 rings (SSSR count). The van der Waals surface area contributed by atoms with E-state index in [1.807, 2.05) is 0 Å². The molecule has 0 spiro atoms. The second kappa shape index (κ2) is 5.77. The maximum absolute atomic E-state index is 12.6. The number of nitrogens with zero attached hydrogens (tertiary/aromatic N) is 3. The standard InChI is InChI=1S/C14H17ClN4OS/c1-18-12(10(15)8-16-18)7-11-13(20)19(14(21)17-11)9-5-3-2-4-6-9/h7-9H,2-6H2,1H3,(H,17,21)/b11-7+. The fourth-order valence-electron chi connectivity index (χ4n) is 2.94. The molecule has 2 fully saturated rings. The summed E-state index contributed by atoms with van der Waals surface area (Å²) in [5, 5.41) is 8.09. The van der Waals surface area contributed by atoms with Gasteiger partial charge in [-0.05, 0) is 31.1 Å². The molecule has 0 aromatic carbocycles. The largest absolute Gasteiger partial charge is 0.328 e. The lowest BCUT2D eigenvalue weighted by Gasteiger charge is -2.29. The zero-order valence-corrected chi connectivity index (χ0v) is 13.4. The molecular weight excluding hydrogens is 308 g/mol. The summed E-state index contributed by atoms with van der Waals surface area (Å²) in [6.07, 6.45) is 8.87. The number of carbonyl (C=O) groups is 1. The average molecular weight is 325 g/mol. The maximum Gasteiger partial charge on any atom is 0.276 e. The van der Waals surface area contributed by atoms with Crippen LogP contribution in [0.15, 0.2) is 11.9 Å². The average Bonchev–Trinajstić information content (AvgIpc) is 2.94. The first-order valence-corrected chi connectivity index (χ1v) is 7.90. The highest BCUT2D eigenvalue weighted by Crippen LogP contribution is 2.27. The summed E-state index contributed by atoms with van der Waals surface area (Å²) in [6, 6.07) is 0.221. The third kappa shape index (κ3) is 2.70. The van der Waals surface area contributed by atoms with Crippen LogP contribution < -0.4 is 5.32 Å². The molecule has 0 unspecified atom stereocenters. The van der Waals surface area contributed by atoms with Gasteiger partial charge in [-0.1, -0.05) is 30.9 Å². The molecule has 2 heterocycles. The molecule has 1 saturated carbocycles. The van der Waals surface area contributed by atoms with Crippen LogP contribution in [0.5, 0.6) is 0 Å². The second-order valence-corrected chi connectivity index (χ2v) is 6.25. The van der Waals surface area contributed by atoms with Crippen LogP contribution in [0.3, 0.4) is 0 Å². The summed E-state index contributed by atoms with van der Waals surface area (Å²) in [4.78, 5) is 14.3. The molecule has 0 atom stereocenters. The fraction of sp³-hybridized carbons (Fsp3) is 0.500. The van der Waals surface area contributed by atoms with Gasteiger partial charge in [-0.15, -0.1) is 0 Å². The third-order valence-corrected chi connectivity index (χ3v) is 4.66. The zero-order chi connectivity index (χ0) is 15.0. The molecule has 21 heavy (non-hydrogen) atoms. The van der Waals surface area contributed by atoms with Crippen LogP contribution in [0, 0.1) is 0 Å². The number of amides is 1. The minimum Gasteiger partial charge on any atom is -0.328 e. The van der Waals surface area contributed by atoms with E-state index in [0.717, 1.165) is 25.7 Å². The van der Waals surface area contributed by atoms with E-state index in [1.54, 1.807) is 28.9 Å². The lowest BCUT2D eigenvalue weighted by atomic mass is 9.94. The van der Waals surface area contributed by atoms with Crippen LogP contribution in [0.25, 0.3) is 6.08 Å². The molecule has 1 aromatic rings. The van der Waals surface area contributed by atoms with E-state index in [-0.39, 0.29) is 11.9 Å². The lowest BCUT2D eigenvalue weighted by Crippen LogP contribution is -2.41. The summed E-state index contributed by atoms with van der Waals surface area (Å²) < 4.78 is 1.64. The highest BCUT2D eigenvalue weighted by molar-refractivity contribution is 7.80. The van der Waals surface area contributed by atoms with Crippen LogP contribution >= 0.6 is 23.8 Å². The molecule has 7 heteroatoms. The van der Waals surface area contributed by atoms with Crippen molar-refractivity contribution in [2.75, 3.05) is 0 Å². The van der Waals surface area contributed by atoms with E-state index in [0.29, 0.717) is 21.5 Å². The molecule has 112 valence electrons. The van der Waals surface area contributed by atoms with Crippen LogP contribution in [0.4, 0.5) is 0 Å². The number of thiocarbonyl (C=S) groups is 1. The number of rotatable bonds is 2. The summed E-state index contributed by atoms with van der Waals surface area (Å²) in [5.41, 5.74) is 1.16. The van der Waals surface area contributed by atoms with E-state index in [1.165, 1.54) is 6.42 Å². The molecule has 1 N–H and O–H groups in total. The molecule has 1 aliphatic heterocycles. The van der Waals surface area contributed by atoms with Crippen molar-refractivity contribution in [2.45, 2.75) is 38.1 Å². The van der Waals surface area contributed by atoms with Crippen LogP contribution in [-0.2, 0) is 11.8 Å². The number of aryl methyl sites for hydroxylation is 1. The Morgan fingerprint density at radius 1 is 1.43 bits per heavy atom. The van der Waals surface area contributed by atoms with Crippen LogP contribution in [0.2, 0.25) is 5.02 Å². The van der Waals surface area contributed by atoms with Gasteiger partial charge < -0.3 is 5.32 Å². The van der Waals surface area contributed by atoms with E-state index >= 15 is 0 Å². The van der Waals surface area contributed by atoms with Crippen molar-refractivity contribution in [2.24, 2.45) is 7.05 Å². The Balaban J connectivity index is 1.86. The topological polar surface area (TPSA) is 50.2 Å². The smallest absolute Gasteiger partial charge is 0.276 e. The van der Waals surface area contributed by atoms with Gasteiger partial charge in [0.1, 0.15) is 5.70 Å². The second-order valence-electron chi connectivity index (χ2n) is 5.46. The SMILES string of the molecule is Cn1ncc(Cl)c1/C=C1/NC(=S)N(C2CCCCC2)C1=O. The first-order chi connectivity index (χ1) is 10.1. The van der Waals surface area contributed by atoms with Gasteiger partial charge in [0.25, 0.3) is 5.91 Å². The van der Waals surface area contributed by atoms with Gasteiger partial charge in [0.2, 0.25) is 0 Å². The van der Waals surface area contributed by atoms with E-state index < -0.39 is 0 Å². The first-order valence-electron chi connectivity index (χ1n) is 7.11. The Bertz CT molecular complexity index is 599. The first kappa shape index (κ1) is 14.5. The number of carbonyl (C=O) groups excluding carboxylic acids is 1. The highest BCUT2D eigenvalue weighted by Gasteiger charge is 2.36. The van der Waals surface area contributed by atoms with Crippen molar-refractivity contribution in [3.8, 4) is 0 Å². The highest BCUT2D eigenvalue weighted by atomic mass is 35.5. The van der Waals surface area contributed by atoms with Crippen molar-refractivity contribution < 1.29 is 4.79 Å². The zero-order valence-electron chi connectivity index (χ0n) is 11.8. The number of halogens is 1. The fourth-order valence-corrected chi connectivity index (χ4v) is 3.50. The van der Waals surface area contributed by atoms with Crippen LogP contribution in [0.1, 0.15) is 37.8 Å². The van der Waals surface area contributed by atoms with Crippen molar-refractivity contribution >= 4 is 40.9 Å². The molecule has 0 radical (unpaired) electrons. The van der Waals surface area contributed by atoms with Gasteiger partial charge in [-0.3, -0.25) is 14.4 Å². The van der Waals surface area contributed by atoms with Gasteiger partial charge in [0.05, 0.1) is 16.9 Å². The number of nitrogens with one attached hydrogen (secondary N) is 1. The lowest BCUT2D eigenvalue weighted by molar-refractivity contribution is -0.124. The molecule has 2 aliphatic rings. The Kier molecular flexibility index (Phi) is 3.99. The van der Waals surface area contributed by atoms with Crippen molar-refractivity contribution in [1.82, 2.24) is 20.0 Å². The number of aromatic nitrogens is 2. The van der Waals surface area contributed by atoms with Crippen molar-refractivity contribution in [1.29, 1.82) is 0 Å². The maximum atomic E-state index is 12.6. The van der Waals surface area contributed by atoms with Gasteiger partial charge >= 0.3 is 0 Å². The number of hydrogen-bond donors (Lipinski definition) is 1. The normalized spacial score (nSPS) is 22.2.